The smallest absolute Gasteiger partial charge is 0.306 e. The van der Waals surface area contributed by atoms with Gasteiger partial charge in [0.1, 0.15) is 6.61 Å². The first-order valence-electron chi connectivity index (χ1n) is 30.2. The molecule has 0 radical (unpaired) electrons. The van der Waals surface area contributed by atoms with Crippen molar-refractivity contribution in [3.8, 4) is 0 Å². The van der Waals surface area contributed by atoms with E-state index in [-0.39, 0.29) is 25.2 Å². The van der Waals surface area contributed by atoms with Crippen LogP contribution in [0.2, 0.25) is 0 Å². The van der Waals surface area contributed by atoms with Gasteiger partial charge in [-0.3, -0.25) is 9.59 Å². The summed E-state index contributed by atoms with van der Waals surface area (Å²) in [6.45, 7) is 7.74. The fraction of sp³-hybridized carbons (Fsp3) is 0.841. The molecule has 398 valence electrons. The van der Waals surface area contributed by atoms with Crippen LogP contribution < -0.4 is 0 Å². The first-order valence-corrected chi connectivity index (χ1v) is 30.2. The molecule has 0 unspecified atom stereocenters. The van der Waals surface area contributed by atoms with Crippen LogP contribution >= 0.6 is 0 Å². The van der Waals surface area contributed by atoms with Gasteiger partial charge in [0.2, 0.25) is 0 Å². The van der Waals surface area contributed by atoms with E-state index in [4.69, 9.17) is 14.2 Å². The van der Waals surface area contributed by atoms with E-state index in [9.17, 15) is 9.59 Å². The van der Waals surface area contributed by atoms with Crippen molar-refractivity contribution >= 4 is 11.9 Å². The second-order valence-electron chi connectivity index (χ2n) is 20.2. The number of rotatable bonds is 56. The lowest BCUT2D eigenvalue weighted by Gasteiger charge is -2.18. The average molecular weight is 954 g/mol. The predicted octanol–water partition coefficient (Wildman–Crippen LogP) is 20.7. The highest BCUT2D eigenvalue weighted by atomic mass is 16.6. The van der Waals surface area contributed by atoms with E-state index in [0.717, 1.165) is 70.6 Å². The van der Waals surface area contributed by atoms with Gasteiger partial charge in [0, 0.05) is 19.4 Å². The summed E-state index contributed by atoms with van der Waals surface area (Å²) in [5, 5.41) is 0. The van der Waals surface area contributed by atoms with E-state index in [0.29, 0.717) is 19.4 Å². The maximum absolute atomic E-state index is 12.8. The summed E-state index contributed by atoms with van der Waals surface area (Å²) >= 11 is 0. The number of unbranched alkanes of at least 4 members (excludes halogenated alkanes) is 37. The zero-order chi connectivity index (χ0) is 49.2. The summed E-state index contributed by atoms with van der Waals surface area (Å²) in [6, 6.07) is 0. The van der Waals surface area contributed by atoms with Gasteiger partial charge in [0.05, 0.1) is 6.61 Å². The summed E-state index contributed by atoms with van der Waals surface area (Å²) in [4.78, 5) is 25.5. The lowest BCUT2D eigenvalue weighted by Crippen LogP contribution is -2.30. The van der Waals surface area contributed by atoms with Crippen LogP contribution in [0.5, 0.6) is 0 Å². The molecule has 0 aliphatic heterocycles. The van der Waals surface area contributed by atoms with Crippen molar-refractivity contribution in [2.45, 2.75) is 322 Å². The van der Waals surface area contributed by atoms with Crippen molar-refractivity contribution in [3.05, 3.63) is 48.6 Å². The largest absolute Gasteiger partial charge is 0.462 e. The monoisotopic (exact) mass is 953 g/mol. The Balaban J connectivity index is 4.23. The van der Waals surface area contributed by atoms with Gasteiger partial charge in [-0.1, -0.05) is 294 Å². The molecule has 0 aliphatic rings. The van der Waals surface area contributed by atoms with Crippen molar-refractivity contribution in [3.63, 3.8) is 0 Å². The molecular formula is C63H116O5. The predicted molar refractivity (Wildman–Crippen MR) is 298 cm³/mol. The van der Waals surface area contributed by atoms with E-state index < -0.39 is 6.10 Å². The highest BCUT2D eigenvalue weighted by molar-refractivity contribution is 5.70. The number of hydrogen-bond donors (Lipinski definition) is 0. The minimum atomic E-state index is -0.554. The van der Waals surface area contributed by atoms with E-state index in [1.807, 2.05) is 0 Å². The Bertz CT molecular complexity index is 1120. The standard InChI is InChI=1S/C63H116O5/c1-4-7-10-13-16-19-22-25-28-30-31-32-33-34-36-38-41-44-47-50-53-56-62(64)67-60-61(59-66-58-55-52-49-46-43-40-37-29-26-23-20-17-14-11-8-5-2)68-63(65)57-54-51-48-45-42-39-35-27-24-21-18-15-12-9-6-3/h9,12,18,21,27,35,42,45,61H,4-8,10-11,13-17,19-20,22-26,28-34,36-41,43-44,46-60H2,1-3H3/b12-9-,21-18-,35-27-,45-42-/t61-/m1/s1. The van der Waals surface area contributed by atoms with E-state index in [2.05, 4.69) is 69.4 Å². The quantitative estimate of drug-likeness (QED) is 0.0345. The fourth-order valence-corrected chi connectivity index (χ4v) is 8.92. The van der Waals surface area contributed by atoms with Crippen LogP contribution in [-0.4, -0.2) is 37.9 Å². The number of esters is 2. The topological polar surface area (TPSA) is 61.8 Å². The van der Waals surface area contributed by atoms with Gasteiger partial charge in [-0.15, -0.1) is 0 Å². The van der Waals surface area contributed by atoms with Gasteiger partial charge in [-0.05, 0) is 57.8 Å². The maximum atomic E-state index is 12.8. The van der Waals surface area contributed by atoms with E-state index in [1.54, 1.807) is 0 Å². The lowest BCUT2D eigenvalue weighted by molar-refractivity contribution is -0.163. The normalized spacial score (nSPS) is 12.5. The number of allylic oxidation sites excluding steroid dienone is 8. The molecule has 0 aromatic carbocycles. The molecule has 0 aliphatic carbocycles. The Kier molecular flexibility index (Phi) is 57.3. The number of carbonyl (C=O) groups is 2. The summed E-state index contributed by atoms with van der Waals surface area (Å²) in [7, 11) is 0. The van der Waals surface area contributed by atoms with Crippen molar-refractivity contribution in [1.82, 2.24) is 0 Å². The zero-order valence-electron chi connectivity index (χ0n) is 45.9. The molecular weight excluding hydrogens is 837 g/mol. The van der Waals surface area contributed by atoms with Gasteiger partial charge >= 0.3 is 11.9 Å². The highest BCUT2D eigenvalue weighted by Crippen LogP contribution is 2.17. The molecule has 0 saturated heterocycles. The minimum absolute atomic E-state index is 0.0741. The van der Waals surface area contributed by atoms with Crippen molar-refractivity contribution in [2.24, 2.45) is 0 Å². The summed E-state index contributed by atoms with van der Waals surface area (Å²) in [5.41, 5.74) is 0. The highest BCUT2D eigenvalue weighted by Gasteiger charge is 2.17. The van der Waals surface area contributed by atoms with Gasteiger partial charge < -0.3 is 14.2 Å². The maximum Gasteiger partial charge on any atom is 0.306 e. The third-order valence-electron chi connectivity index (χ3n) is 13.4. The number of ether oxygens (including phenoxy) is 3. The van der Waals surface area contributed by atoms with Gasteiger partial charge in [0.25, 0.3) is 0 Å². The molecule has 5 heteroatoms. The molecule has 0 bridgehead atoms. The van der Waals surface area contributed by atoms with Gasteiger partial charge in [-0.2, -0.15) is 0 Å². The Morgan fingerprint density at radius 3 is 1.06 bits per heavy atom. The van der Waals surface area contributed by atoms with Crippen molar-refractivity contribution < 1.29 is 23.8 Å². The first-order chi connectivity index (χ1) is 33.6. The molecule has 0 heterocycles. The van der Waals surface area contributed by atoms with E-state index in [1.165, 1.54) is 212 Å². The van der Waals surface area contributed by atoms with Crippen LogP contribution in [0.1, 0.15) is 316 Å². The molecule has 5 nitrogen and oxygen atoms in total. The van der Waals surface area contributed by atoms with Gasteiger partial charge in [-0.25, -0.2) is 0 Å². The number of hydrogen-bond acceptors (Lipinski definition) is 5. The van der Waals surface area contributed by atoms with Crippen LogP contribution in [0, 0.1) is 0 Å². The molecule has 0 rings (SSSR count). The number of carbonyl (C=O) groups excluding carboxylic acids is 2. The summed E-state index contributed by atoms with van der Waals surface area (Å²) < 4.78 is 17.5. The molecule has 68 heavy (non-hydrogen) atoms. The Morgan fingerprint density at radius 2 is 0.662 bits per heavy atom. The molecule has 1 atom stereocenters. The molecule has 0 aromatic rings. The second kappa shape index (κ2) is 59.2. The summed E-state index contributed by atoms with van der Waals surface area (Å²) in [5.74, 6) is -0.425. The molecule has 0 spiro atoms. The van der Waals surface area contributed by atoms with Crippen LogP contribution in [0.3, 0.4) is 0 Å². The Morgan fingerprint density at radius 1 is 0.338 bits per heavy atom. The molecule has 0 aromatic heterocycles. The Labute approximate surface area is 424 Å². The third-order valence-corrected chi connectivity index (χ3v) is 13.4. The second-order valence-corrected chi connectivity index (χ2v) is 20.2. The minimum Gasteiger partial charge on any atom is -0.462 e. The fourth-order valence-electron chi connectivity index (χ4n) is 8.92. The lowest BCUT2D eigenvalue weighted by atomic mass is 10.0. The van der Waals surface area contributed by atoms with Crippen molar-refractivity contribution in [2.75, 3.05) is 19.8 Å². The molecule has 0 amide bonds. The SMILES string of the molecule is CC/C=C\C/C=C\C/C=C\C/C=C\CCCCC(=O)O[C@H](COCCCCCCCCCCCCCCCCCC)COC(=O)CCCCCCCCCCCCCCCCCCCCCCC. The van der Waals surface area contributed by atoms with E-state index >= 15 is 0 Å². The van der Waals surface area contributed by atoms with Gasteiger partial charge in [0.15, 0.2) is 6.10 Å². The van der Waals surface area contributed by atoms with Crippen molar-refractivity contribution in [1.29, 1.82) is 0 Å². The third kappa shape index (κ3) is 56.4. The first kappa shape index (κ1) is 65.9. The summed E-state index contributed by atoms with van der Waals surface area (Å²) in [6.07, 6.45) is 74.4. The van der Waals surface area contributed by atoms with Crippen LogP contribution in [0.15, 0.2) is 48.6 Å². The van der Waals surface area contributed by atoms with Crippen LogP contribution in [0.4, 0.5) is 0 Å². The zero-order valence-corrected chi connectivity index (χ0v) is 45.9. The molecule has 0 fully saturated rings. The Hall–Kier alpha value is -2.14. The average Bonchev–Trinajstić information content (AvgIpc) is 3.34. The molecule has 0 saturated carbocycles. The van der Waals surface area contributed by atoms with Crippen LogP contribution in [0.25, 0.3) is 0 Å². The van der Waals surface area contributed by atoms with Crippen LogP contribution in [-0.2, 0) is 23.8 Å². The molecule has 0 N–H and O–H groups in total.